The highest BCUT2D eigenvalue weighted by Crippen LogP contribution is 2.40. The van der Waals surface area contributed by atoms with Crippen LogP contribution in [-0.4, -0.2) is 130 Å². The third kappa shape index (κ3) is 13.5. The number of unbranched alkanes of at least 4 members (excludes halogenated alkanes) is 6. The molecule has 1 aromatic heterocycles. The maximum Gasteiger partial charge on any atom is 0.248 e. The Morgan fingerprint density at radius 1 is 0.903 bits per heavy atom. The zero-order chi connectivity index (χ0) is 45.2. The Balaban J connectivity index is 1.75. The summed E-state index contributed by atoms with van der Waals surface area (Å²) in [5, 5.41) is 33.9. The SMILES string of the molecule is CCCCCCCCCC(=O)N[C@@H](CO)C(=O)N(C)[C@@H]1C(=O)N[C@@H](C)C(=O)N[C@H](C(=O)N[C@@H](C)C(=O)c2nn[nH]n2)Cc2ccc(OCCN)c(c2)-c2cc1ccc2OCCN. The number of carbonyl (C=O) groups is 6. The number of fused-ring (bicyclic) bond motifs is 5. The lowest BCUT2D eigenvalue weighted by molar-refractivity contribution is -0.143. The Bertz CT molecular complexity index is 1980. The summed E-state index contributed by atoms with van der Waals surface area (Å²) in [7, 11) is 1.36. The van der Waals surface area contributed by atoms with Gasteiger partial charge in [-0.1, -0.05) is 57.6 Å². The molecule has 62 heavy (non-hydrogen) atoms. The van der Waals surface area contributed by atoms with Crippen LogP contribution in [0.5, 0.6) is 11.5 Å². The van der Waals surface area contributed by atoms with E-state index in [-0.39, 0.29) is 50.5 Å². The van der Waals surface area contributed by atoms with Crippen molar-refractivity contribution in [1.82, 2.24) is 46.8 Å². The average Bonchev–Trinajstić information content (AvgIpc) is 3.81. The molecule has 10 N–H and O–H groups in total. The van der Waals surface area contributed by atoms with Crippen LogP contribution in [0, 0.1) is 0 Å². The second-order valence-electron chi connectivity index (χ2n) is 15.2. The van der Waals surface area contributed by atoms with E-state index in [9.17, 15) is 33.9 Å². The molecule has 2 heterocycles. The summed E-state index contributed by atoms with van der Waals surface area (Å²) in [6.07, 6.45) is 7.06. The first-order valence-corrected chi connectivity index (χ1v) is 21.1. The summed E-state index contributed by atoms with van der Waals surface area (Å²) in [6, 6.07) is 3.53. The van der Waals surface area contributed by atoms with Crippen molar-refractivity contribution in [2.75, 3.05) is 40.0 Å². The van der Waals surface area contributed by atoms with Crippen LogP contribution in [0.4, 0.5) is 0 Å². The zero-order valence-electron chi connectivity index (χ0n) is 35.9. The lowest BCUT2D eigenvalue weighted by Crippen LogP contribution is -2.57. The Morgan fingerprint density at radius 3 is 2.18 bits per heavy atom. The molecule has 0 aliphatic carbocycles. The first-order chi connectivity index (χ1) is 29.8. The Kier molecular flexibility index (Phi) is 19.2. The highest BCUT2D eigenvalue weighted by Gasteiger charge is 2.36. The van der Waals surface area contributed by atoms with Gasteiger partial charge in [-0.25, -0.2) is 0 Å². The smallest absolute Gasteiger partial charge is 0.248 e. The van der Waals surface area contributed by atoms with Crippen molar-refractivity contribution in [2.45, 2.75) is 109 Å². The highest BCUT2D eigenvalue weighted by atomic mass is 16.5. The zero-order valence-corrected chi connectivity index (χ0v) is 35.9. The Labute approximate surface area is 361 Å². The van der Waals surface area contributed by atoms with Crippen molar-refractivity contribution in [3.63, 3.8) is 0 Å². The molecule has 0 unspecified atom stereocenters. The summed E-state index contributed by atoms with van der Waals surface area (Å²) < 4.78 is 12.1. The number of nitrogens with zero attached hydrogens (tertiary/aromatic N) is 4. The molecule has 20 nitrogen and oxygen atoms in total. The Morgan fingerprint density at radius 2 is 1.55 bits per heavy atom. The average molecular weight is 864 g/mol. The van der Waals surface area contributed by atoms with Crippen molar-refractivity contribution < 1.29 is 43.3 Å². The molecule has 0 saturated heterocycles. The number of benzene rings is 2. The van der Waals surface area contributed by atoms with E-state index in [0.717, 1.165) is 43.4 Å². The minimum absolute atomic E-state index is 0.0721. The molecule has 5 amide bonds. The van der Waals surface area contributed by atoms with Gasteiger partial charge in [0, 0.05) is 44.1 Å². The molecule has 4 rings (SSSR count). The van der Waals surface area contributed by atoms with E-state index in [0.29, 0.717) is 34.6 Å². The number of nitrogens with two attached hydrogens (primary N) is 2. The highest BCUT2D eigenvalue weighted by molar-refractivity contribution is 6.00. The summed E-state index contributed by atoms with van der Waals surface area (Å²) in [5.41, 5.74) is 13.4. The van der Waals surface area contributed by atoms with Crippen LogP contribution >= 0.6 is 0 Å². The lowest BCUT2D eigenvalue weighted by Gasteiger charge is -2.32. The topological polar surface area (TPSA) is 299 Å². The standard InChI is InChI=1S/C42H61N11O9/c1-5-6-7-8-9-10-11-12-35(55)47-32(24-54)42(60)53(4)36-28-14-16-34(62-20-18-44)30(23-28)29-21-27(13-15-33(29)61-19-17-43)22-31(48-39(57)26(3)46-41(36)59)40(58)45-25(2)37(56)38-49-51-52-50-38/h13-16,21,23,25-26,31-32,36,54H,5-12,17-20,22,24,43-44H2,1-4H3,(H,45,58)(H,46,59)(H,47,55)(H,48,57)(H,49,50,51,52)/t25-,26-,31-,32-,36-/m0/s1. The molecule has 4 bridgehead atoms. The van der Waals surface area contributed by atoms with Crippen LogP contribution in [-0.2, 0) is 30.4 Å². The molecule has 0 spiro atoms. The fourth-order valence-corrected chi connectivity index (χ4v) is 6.99. The van der Waals surface area contributed by atoms with Gasteiger partial charge in [-0.2, -0.15) is 5.21 Å². The van der Waals surface area contributed by atoms with E-state index in [1.54, 1.807) is 36.4 Å². The van der Waals surface area contributed by atoms with Gasteiger partial charge in [0.2, 0.25) is 41.1 Å². The van der Waals surface area contributed by atoms with E-state index in [1.807, 2.05) is 0 Å². The number of nitrogens with one attached hydrogen (secondary N) is 5. The maximum atomic E-state index is 14.4. The summed E-state index contributed by atoms with van der Waals surface area (Å²) >= 11 is 0. The van der Waals surface area contributed by atoms with Gasteiger partial charge >= 0.3 is 0 Å². The molecule has 338 valence electrons. The molecular formula is C42H61N11O9. The second kappa shape index (κ2) is 24.5. The van der Waals surface area contributed by atoms with Crippen molar-refractivity contribution >= 4 is 35.3 Å². The number of carbonyl (C=O) groups excluding carboxylic acids is 6. The number of tetrazole rings is 1. The van der Waals surface area contributed by atoms with Gasteiger partial charge in [0.1, 0.15) is 48.9 Å². The van der Waals surface area contributed by atoms with Crippen LogP contribution in [0.2, 0.25) is 0 Å². The molecule has 3 aromatic rings. The van der Waals surface area contributed by atoms with Gasteiger partial charge in [0.05, 0.1) is 12.6 Å². The minimum Gasteiger partial charge on any atom is -0.492 e. The molecule has 2 aromatic carbocycles. The number of aromatic nitrogens is 4. The number of hydrogen-bond donors (Lipinski definition) is 8. The fraction of sp³-hybridized carbons (Fsp3) is 0.548. The first-order valence-electron chi connectivity index (χ1n) is 21.1. The van der Waals surface area contributed by atoms with Crippen molar-refractivity contribution in [3.05, 3.63) is 53.3 Å². The van der Waals surface area contributed by atoms with Crippen LogP contribution in [0.25, 0.3) is 11.1 Å². The number of Topliss-reactive ketones (excluding diaryl/α,β-unsaturated/α-hetero) is 1. The van der Waals surface area contributed by atoms with E-state index < -0.39 is 72.1 Å². The van der Waals surface area contributed by atoms with E-state index in [4.69, 9.17) is 20.9 Å². The van der Waals surface area contributed by atoms with Gasteiger partial charge in [-0.05, 0) is 60.9 Å². The number of hydrogen-bond acceptors (Lipinski definition) is 14. The largest absolute Gasteiger partial charge is 0.492 e. The third-order valence-electron chi connectivity index (χ3n) is 10.4. The quantitative estimate of drug-likeness (QED) is 0.0507. The number of likely N-dealkylation sites (N-methyl/N-ethyl adjacent to an activating group) is 1. The Hall–Kier alpha value is -5.99. The van der Waals surface area contributed by atoms with Gasteiger partial charge in [-0.3, -0.25) is 28.8 Å². The number of amides is 5. The fourth-order valence-electron chi connectivity index (χ4n) is 6.99. The van der Waals surface area contributed by atoms with Gasteiger partial charge in [0.25, 0.3) is 0 Å². The number of ketones is 1. The van der Waals surface area contributed by atoms with Crippen LogP contribution in [0.1, 0.15) is 99.9 Å². The number of aliphatic hydroxyl groups excluding tert-OH is 1. The molecular weight excluding hydrogens is 803 g/mol. The second-order valence-corrected chi connectivity index (χ2v) is 15.2. The third-order valence-corrected chi connectivity index (χ3v) is 10.4. The lowest BCUT2D eigenvalue weighted by atomic mass is 9.93. The van der Waals surface area contributed by atoms with E-state index >= 15 is 0 Å². The van der Waals surface area contributed by atoms with Crippen LogP contribution < -0.4 is 42.2 Å². The first kappa shape index (κ1) is 48.7. The van der Waals surface area contributed by atoms with Crippen molar-refractivity contribution in [1.29, 1.82) is 0 Å². The summed E-state index contributed by atoms with van der Waals surface area (Å²) in [4.78, 5) is 83.2. The number of aliphatic hydroxyl groups is 1. The molecule has 5 atom stereocenters. The van der Waals surface area contributed by atoms with Gasteiger partial charge in [0.15, 0.2) is 0 Å². The van der Waals surface area contributed by atoms with E-state index in [2.05, 4.69) is 48.8 Å². The predicted molar refractivity (Wildman–Crippen MR) is 227 cm³/mol. The number of rotatable bonds is 22. The molecule has 0 fully saturated rings. The number of H-pyrrole nitrogens is 1. The van der Waals surface area contributed by atoms with Crippen LogP contribution in [0.3, 0.4) is 0 Å². The predicted octanol–water partition coefficient (Wildman–Crippen LogP) is 0.592. The van der Waals surface area contributed by atoms with Crippen molar-refractivity contribution in [3.8, 4) is 22.6 Å². The number of aromatic amines is 1. The molecule has 20 heteroatoms. The molecule has 0 saturated carbocycles. The van der Waals surface area contributed by atoms with Crippen LogP contribution in [0.15, 0.2) is 36.4 Å². The summed E-state index contributed by atoms with van der Waals surface area (Å²) in [5.74, 6) is -3.60. The number of ether oxygens (including phenoxy) is 2. The molecule has 1 aliphatic rings. The van der Waals surface area contributed by atoms with E-state index in [1.165, 1.54) is 20.9 Å². The van der Waals surface area contributed by atoms with Gasteiger partial charge in [-0.15, -0.1) is 10.2 Å². The maximum absolute atomic E-state index is 14.4. The summed E-state index contributed by atoms with van der Waals surface area (Å²) in [6.45, 7) is 4.86. The minimum atomic E-state index is -1.43. The normalized spacial score (nSPS) is 17.4. The van der Waals surface area contributed by atoms with Crippen molar-refractivity contribution in [2.24, 2.45) is 11.5 Å². The molecule has 0 radical (unpaired) electrons. The monoisotopic (exact) mass is 863 g/mol. The van der Waals surface area contributed by atoms with Gasteiger partial charge < -0.3 is 52.2 Å². The molecule has 1 aliphatic heterocycles.